The molecular weight excluding hydrogens is 350 g/mol. The molecule has 2 aromatic rings. The Kier molecular flexibility index (Phi) is 4.88. The summed E-state index contributed by atoms with van der Waals surface area (Å²) in [4.78, 5) is 13.2. The number of allylic oxidation sites excluding steroid dienone is 1. The van der Waals surface area contributed by atoms with E-state index in [2.05, 4.69) is 19.6 Å². The monoisotopic (exact) mass is 377 g/mol. The molecule has 4 rings (SSSR count). The molecule has 28 heavy (non-hydrogen) atoms. The summed E-state index contributed by atoms with van der Waals surface area (Å²) in [6, 6.07) is 9.83. The van der Waals surface area contributed by atoms with E-state index in [1.54, 1.807) is 7.11 Å². The van der Waals surface area contributed by atoms with Crippen molar-refractivity contribution in [3.8, 4) is 11.5 Å². The zero-order chi connectivity index (χ0) is 19.8. The largest absolute Gasteiger partial charge is 0.497 e. The van der Waals surface area contributed by atoms with Gasteiger partial charge in [-0.2, -0.15) is 0 Å². The molecule has 1 aliphatic carbocycles. The summed E-state index contributed by atoms with van der Waals surface area (Å²) >= 11 is 0. The Hall–Kier alpha value is -2.75. The van der Waals surface area contributed by atoms with Crippen molar-refractivity contribution in [3.05, 3.63) is 75.2 Å². The van der Waals surface area contributed by atoms with Crippen LogP contribution in [0.2, 0.25) is 0 Å². The van der Waals surface area contributed by atoms with E-state index in [1.807, 2.05) is 41.8 Å². The van der Waals surface area contributed by atoms with Gasteiger partial charge in [0.2, 0.25) is 0 Å². The molecule has 4 heteroatoms. The fourth-order valence-corrected chi connectivity index (χ4v) is 4.20. The van der Waals surface area contributed by atoms with Gasteiger partial charge in [-0.05, 0) is 68.4 Å². The summed E-state index contributed by atoms with van der Waals surface area (Å²) in [5.41, 5.74) is 5.12. The molecule has 4 nitrogen and oxygen atoms in total. The molecule has 1 fully saturated rings. The Morgan fingerprint density at radius 2 is 2.07 bits per heavy atom. The zero-order valence-corrected chi connectivity index (χ0v) is 16.8. The molecule has 0 saturated heterocycles. The van der Waals surface area contributed by atoms with Crippen LogP contribution in [0.15, 0.2) is 52.9 Å². The first-order valence-electron chi connectivity index (χ1n) is 9.86. The van der Waals surface area contributed by atoms with E-state index in [1.165, 1.54) is 11.1 Å². The molecule has 1 aromatic carbocycles. The van der Waals surface area contributed by atoms with Crippen molar-refractivity contribution in [1.29, 1.82) is 0 Å². The molecule has 0 amide bonds. The van der Waals surface area contributed by atoms with Crippen molar-refractivity contribution in [2.45, 2.75) is 45.8 Å². The van der Waals surface area contributed by atoms with Gasteiger partial charge in [-0.3, -0.25) is 4.79 Å². The van der Waals surface area contributed by atoms with Gasteiger partial charge in [-0.1, -0.05) is 24.3 Å². The molecule has 1 aromatic heterocycles. The number of aromatic nitrogens is 1. The molecular formula is C24H27NO3. The third-order valence-corrected chi connectivity index (χ3v) is 6.00. The molecule has 2 heterocycles. The van der Waals surface area contributed by atoms with Crippen LogP contribution in [-0.4, -0.2) is 17.8 Å². The second-order valence-electron chi connectivity index (χ2n) is 7.95. The minimum atomic E-state index is 0.0128. The van der Waals surface area contributed by atoms with Gasteiger partial charge in [0.1, 0.15) is 17.6 Å². The number of nitrogens with zero attached hydrogens (tertiary/aromatic N) is 1. The Morgan fingerprint density at radius 3 is 2.75 bits per heavy atom. The number of benzene rings is 1. The van der Waals surface area contributed by atoms with E-state index in [0.29, 0.717) is 23.8 Å². The number of pyridine rings is 1. The maximum atomic E-state index is 13.2. The molecule has 2 aliphatic rings. The van der Waals surface area contributed by atoms with Gasteiger partial charge < -0.3 is 14.0 Å². The van der Waals surface area contributed by atoms with Gasteiger partial charge in [0.15, 0.2) is 0 Å². The summed E-state index contributed by atoms with van der Waals surface area (Å²) in [5.74, 6) is 2.03. The van der Waals surface area contributed by atoms with Crippen LogP contribution in [0, 0.1) is 12.8 Å². The molecule has 0 radical (unpaired) electrons. The normalized spacial score (nSPS) is 20.5. The molecule has 1 saturated carbocycles. The van der Waals surface area contributed by atoms with Crippen molar-refractivity contribution in [1.82, 2.24) is 4.57 Å². The first kappa shape index (κ1) is 18.6. The number of ether oxygens (including phenoxy) is 2. The van der Waals surface area contributed by atoms with E-state index >= 15 is 0 Å². The van der Waals surface area contributed by atoms with Crippen molar-refractivity contribution in [2.24, 2.45) is 5.92 Å². The van der Waals surface area contributed by atoms with Crippen molar-refractivity contribution in [3.63, 3.8) is 0 Å². The van der Waals surface area contributed by atoms with Crippen LogP contribution in [0.3, 0.4) is 0 Å². The lowest BCUT2D eigenvalue weighted by Crippen LogP contribution is -2.34. The number of methoxy groups -OCH3 is 1. The maximum Gasteiger partial charge on any atom is 0.262 e. The molecule has 0 bridgehead atoms. The quantitative estimate of drug-likeness (QED) is 0.723. The summed E-state index contributed by atoms with van der Waals surface area (Å²) < 4.78 is 13.3. The Morgan fingerprint density at radius 1 is 1.32 bits per heavy atom. The minimum Gasteiger partial charge on any atom is -0.497 e. The van der Waals surface area contributed by atoms with Crippen LogP contribution in [0.4, 0.5) is 0 Å². The Balaban J connectivity index is 1.65. The number of hydrogen-bond donors (Lipinski definition) is 0. The fourth-order valence-electron chi connectivity index (χ4n) is 4.20. The summed E-state index contributed by atoms with van der Waals surface area (Å²) in [7, 11) is 1.65. The highest BCUT2D eigenvalue weighted by molar-refractivity contribution is 5.63. The van der Waals surface area contributed by atoms with Gasteiger partial charge in [-0.25, -0.2) is 0 Å². The van der Waals surface area contributed by atoms with Crippen LogP contribution in [0.1, 0.15) is 43.0 Å². The van der Waals surface area contributed by atoms with Crippen molar-refractivity contribution >= 4 is 6.08 Å². The smallest absolute Gasteiger partial charge is 0.262 e. The van der Waals surface area contributed by atoms with Gasteiger partial charge >= 0.3 is 0 Å². The highest BCUT2D eigenvalue weighted by Crippen LogP contribution is 2.39. The standard InChI is InChI=1S/C24H27NO3/c1-15(2)18-7-8-19-12-21-23(28-22(19)13-18)11-16(3)25(24(21)26)14-17-5-9-20(27-4)10-6-17/h5-6,9-12,18,22H,1,7-8,13-14H2,2-4H3/t18-,22-/m0/s1. The number of rotatable bonds is 4. The van der Waals surface area contributed by atoms with E-state index in [0.717, 1.165) is 36.3 Å². The highest BCUT2D eigenvalue weighted by Gasteiger charge is 2.32. The lowest BCUT2D eigenvalue weighted by atomic mass is 9.79. The summed E-state index contributed by atoms with van der Waals surface area (Å²) in [6.07, 6.45) is 5.15. The topological polar surface area (TPSA) is 40.5 Å². The molecule has 146 valence electrons. The molecule has 0 unspecified atom stereocenters. The zero-order valence-electron chi connectivity index (χ0n) is 16.8. The predicted octanol–water partition coefficient (Wildman–Crippen LogP) is 4.73. The van der Waals surface area contributed by atoms with Crippen LogP contribution >= 0.6 is 0 Å². The average molecular weight is 377 g/mol. The average Bonchev–Trinajstić information content (AvgIpc) is 2.70. The van der Waals surface area contributed by atoms with Crippen LogP contribution in [0.25, 0.3) is 6.08 Å². The van der Waals surface area contributed by atoms with E-state index in [9.17, 15) is 4.79 Å². The molecule has 0 spiro atoms. The molecule has 0 N–H and O–H groups in total. The third-order valence-electron chi connectivity index (χ3n) is 6.00. The van der Waals surface area contributed by atoms with Crippen LogP contribution in [0.5, 0.6) is 11.5 Å². The summed E-state index contributed by atoms with van der Waals surface area (Å²) in [5, 5.41) is 0. The van der Waals surface area contributed by atoms with Crippen molar-refractivity contribution in [2.75, 3.05) is 7.11 Å². The lowest BCUT2D eigenvalue weighted by Gasteiger charge is -2.35. The van der Waals surface area contributed by atoms with Gasteiger partial charge in [-0.15, -0.1) is 0 Å². The van der Waals surface area contributed by atoms with Crippen LogP contribution < -0.4 is 15.0 Å². The lowest BCUT2D eigenvalue weighted by molar-refractivity contribution is 0.177. The Labute approximate surface area is 166 Å². The first-order chi connectivity index (χ1) is 13.5. The predicted molar refractivity (Wildman–Crippen MR) is 112 cm³/mol. The maximum absolute atomic E-state index is 13.2. The molecule has 1 aliphatic heterocycles. The highest BCUT2D eigenvalue weighted by atomic mass is 16.5. The van der Waals surface area contributed by atoms with Crippen LogP contribution in [-0.2, 0) is 6.54 Å². The van der Waals surface area contributed by atoms with E-state index in [-0.39, 0.29) is 11.7 Å². The van der Waals surface area contributed by atoms with Gasteiger partial charge in [0.05, 0.1) is 19.2 Å². The van der Waals surface area contributed by atoms with Crippen molar-refractivity contribution < 1.29 is 9.47 Å². The SMILES string of the molecule is C=C(C)[C@H]1CCC2=Cc3c(cc(C)n(Cc4ccc(OC)cc4)c3=O)O[C@H]2C1. The first-order valence-corrected chi connectivity index (χ1v) is 9.86. The van der Waals surface area contributed by atoms with Gasteiger partial charge in [0, 0.05) is 11.8 Å². The third kappa shape index (κ3) is 3.39. The Bertz CT molecular complexity index is 998. The second kappa shape index (κ2) is 7.34. The molecule has 2 atom stereocenters. The number of hydrogen-bond acceptors (Lipinski definition) is 3. The summed E-state index contributed by atoms with van der Waals surface area (Å²) in [6.45, 7) is 8.71. The second-order valence-corrected chi connectivity index (χ2v) is 7.95. The fraction of sp³-hybridized carbons (Fsp3) is 0.375. The number of aryl methyl sites for hydroxylation is 1. The minimum absolute atomic E-state index is 0.0128. The number of fused-ring (bicyclic) bond motifs is 2. The van der Waals surface area contributed by atoms with E-state index < -0.39 is 0 Å². The van der Waals surface area contributed by atoms with Gasteiger partial charge in [0.25, 0.3) is 5.56 Å². The van der Waals surface area contributed by atoms with E-state index in [4.69, 9.17) is 9.47 Å².